The first kappa shape index (κ1) is 18.4. The molecular weight excluding hydrogens is 366 g/mol. The van der Waals surface area contributed by atoms with Gasteiger partial charge in [0.1, 0.15) is 17.8 Å². The molecule has 0 radical (unpaired) electrons. The Balaban J connectivity index is 1.71. The first-order valence-electron chi connectivity index (χ1n) is 9.21. The van der Waals surface area contributed by atoms with E-state index < -0.39 is 41.7 Å². The molecule has 28 heavy (non-hydrogen) atoms. The highest BCUT2D eigenvalue weighted by Crippen LogP contribution is 2.44. The number of carbonyl (C=O) groups is 4. The fraction of sp³-hybridized carbons (Fsp3) is 0.474. The number of hydrogen-bond donors (Lipinski definition) is 1. The number of anilines is 1. The van der Waals surface area contributed by atoms with Gasteiger partial charge in [0.2, 0.25) is 11.8 Å². The molecule has 3 aliphatic rings. The van der Waals surface area contributed by atoms with Crippen molar-refractivity contribution < 1.29 is 28.7 Å². The predicted molar refractivity (Wildman–Crippen MR) is 96.4 cm³/mol. The van der Waals surface area contributed by atoms with Crippen LogP contribution in [-0.2, 0) is 23.9 Å². The van der Waals surface area contributed by atoms with Gasteiger partial charge < -0.3 is 14.8 Å². The Bertz CT molecular complexity index is 839. The van der Waals surface area contributed by atoms with Crippen molar-refractivity contribution in [2.45, 2.75) is 19.0 Å². The van der Waals surface area contributed by atoms with Gasteiger partial charge in [0.25, 0.3) is 5.91 Å². The maximum absolute atomic E-state index is 13.2. The smallest absolute Gasteiger partial charge is 0.311 e. The molecule has 1 aromatic carbocycles. The number of rotatable bonds is 4. The van der Waals surface area contributed by atoms with Gasteiger partial charge >= 0.3 is 5.97 Å². The van der Waals surface area contributed by atoms with Crippen LogP contribution in [0.3, 0.4) is 0 Å². The standard InChI is InChI=1S/C19H21N3O6/c1-3-28-11-6-4-10(5-7-11)22-17(24)12-13(19(26)27-2)14-16(23)20-8-9-21(14)15(12)18(22)25/h4-7,12-15H,3,8-9H2,1-2H3,(H,20,23)/t12-,13+,14-,15-/m0/s1. The minimum atomic E-state index is -1.01. The number of amides is 3. The molecule has 9 heteroatoms. The Morgan fingerprint density at radius 3 is 2.50 bits per heavy atom. The summed E-state index contributed by atoms with van der Waals surface area (Å²) >= 11 is 0. The van der Waals surface area contributed by atoms with Crippen LogP contribution in [0.1, 0.15) is 6.92 Å². The Labute approximate surface area is 161 Å². The molecule has 3 fully saturated rings. The molecule has 3 saturated heterocycles. The second-order valence-corrected chi connectivity index (χ2v) is 6.93. The van der Waals surface area contributed by atoms with Gasteiger partial charge in [-0.15, -0.1) is 0 Å². The van der Waals surface area contributed by atoms with E-state index in [1.54, 1.807) is 29.2 Å². The van der Waals surface area contributed by atoms with Crippen LogP contribution in [0.25, 0.3) is 0 Å². The lowest BCUT2D eigenvalue weighted by molar-refractivity contribution is -0.152. The number of carbonyl (C=O) groups excluding carboxylic acids is 4. The summed E-state index contributed by atoms with van der Waals surface area (Å²) in [6, 6.07) is 4.92. The summed E-state index contributed by atoms with van der Waals surface area (Å²) in [5, 5.41) is 2.70. The number of imide groups is 1. The van der Waals surface area contributed by atoms with Crippen LogP contribution in [0.4, 0.5) is 5.69 Å². The Morgan fingerprint density at radius 1 is 1.14 bits per heavy atom. The lowest BCUT2D eigenvalue weighted by Crippen LogP contribution is -2.58. The van der Waals surface area contributed by atoms with Gasteiger partial charge in [-0.2, -0.15) is 0 Å². The predicted octanol–water partition coefficient (Wildman–Crippen LogP) is -0.453. The van der Waals surface area contributed by atoms with E-state index in [0.29, 0.717) is 31.1 Å². The van der Waals surface area contributed by atoms with Crippen molar-refractivity contribution in [2.24, 2.45) is 11.8 Å². The largest absolute Gasteiger partial charge is 0.494 e. The zero-order valence-electron chi connectivity index (χ0n) is 15.6. The highest BCUT2D eigenvalue weighted by Gasteiger charge is 2.66. The number of ether oxygens (including phenoxy) is 2. The highest BCUT2D eigenvalue weighted by molar-refractivity contribution is 6.25. The van der Waals surface area contributed by atoms with Crippen molar-refractivity contribution in [3.63, 3.8) is 0 Å². The number of hydrogen-bond acceptors (Lipinski definition) is 7. The fourth-order valence-electron chi connectivity index (χ4n) is 4.48. The molecule has 4 atom stereocenters. The van der Waals surface area contributed by atoms with Gasteiger partial charge in [0, 0.05) is 13.1 Å². The Hall–Kier alpha value is -2.94. The molecule has 1 aromatic rings. The van der Waals surface area contributed by atoms with E-state index in [1.807, 2.05) is 6.92 Å². The van der Waals surface area contributed by atoms with Crippen molar-refractivity contribution in [1.29, 1.82) is 0 Å². The molecule has 0 aromatic heterocycles. The zero-order chi connectivity index (χ0) is 20.0. The molecule has 1 N–H and O–H groups in total. The molecule has 3 heterocycles. The van der Waals surface area contributed by atoms with E-state index in [9.17, 15) is 19.2 Å². The summed E-state index contributed by atoms with van der Waals surface area (Å²) in [7, 11) is 1.21. The molecule has 0 unspecified atom stereocenters. The Kier molecular flexibility index (Phi) is 4.54. The number of esters is 1. The quantitative estimate of drug-likeness (QED) is 0.551. The van der Waals surface area contributed by atoms with E-state index in [-0.39, 0.29) is 5.91 Å². The molecule has 0 bridgehead atoms. The average molecular weight is 387 g/mol. The monoisotopic (exact) mass is 387 g/mol. The van der Waals surface area contributed by atoms with Gasteiger partial charge in [-0.25, -0.2) is 4.90 Å². The molecule has 9 nitrogen and oxygen atoms in total. The van der Waals surface area contributed by atoms with E-state index in [2.05, 4.69) is 5.32 Å². The van der Waals surface area contributed by atoms with E-state index in [0.717, 1.165) is 4.90 Å². The Morgan fingerprint density at radius 2 is 1.86 bits per heavy atom. The summed E-state index contributed by atoms with van der Waals surface area (Å²) in [4.78, 5) is 54.0. The third-order valence-electron chi connectivity index (χ3n) is 5.58. The van der Waals surface area contributed by atoms with Crippen molar-refractivity contribution in [3.8, 4) is 5.75 Å². The first-order valence-corrected chi connectivity index (χ1v) is 9.21. The first-order chi connectivity index (χ1) is 13.5. The average Bonchev–Trinajstić information content (AvgIpc) is 3.17. The van der Waals surface area contributed by atoms with Gasteiger partial charge in [-0.1, -0.05) is 0 Å². The summed E-state index contributed by atoms with van der Waals surface area (Å²) in [5.41, 5.74) is 0.412. The van der Waals surface area contributed by atoms with Crippen LogP contribution in [0.2, 0.25) is 0 Å². The molecule has 4 rings (SSSR count). The number of benzene rings is 1. The van der Waals surface area contributed by atoms with Crippen molar-refractivity contribution in [3.05, 3.63) is 24.3 Å². The van der Waals surface area contributed by atoms with E-state index in [1.165, 1.54) is 7.11 Å². The maximum atomic E-state index is 13.2. The number of methoxy groups -OCH3 is 1. The highest BCUT2D eigenvalue weighted by atomic mass is 16.5. The minimum Gasteiger partial charge on any atom is -0.494 e. The second-order valence-electron chi connectivity index (χ2n) is 6.93. The van der Waals surface area contributed by atoms with Gasteiger partial charge in [0.05, 0.1) is 31.2 Å². The third kappa shape index (κ3) is 2.57. The lowest BCUT2D eigenvalue weighted by Gasteiger charge is -2.34. The van der Waals surface area contributed by atoms with Crippen molar-refractivity contribution >= 4 is 29.4 Å². The fourth-order valence-corrected chi connectivity index (χ4v) is 4.48. The molecule has 0 aliphatic carbocycles. The number of fused-ring (bicyclic) bond motifs is 3. The summed E-state index contributed by atoms with van der Waals surface area (Å²) in [6.45, 7) is 3.11. The van der Waals surface area contributed by atoms with Gasteiger partial charge in [0.15, 0.2) is 0 Å². The summed E-state index contributed by atoms with van der Waals surface area (Å²) in [5.74, 6) is -3.26. The second kappa shape index (κ2) is 6.90. The molecule has 148 valence electrons. The SMILES string of the molecule is CCOc1ccc(N2C(=O)[C@H]3[C@@H](C(=O)OC)[C@H]4C(=O)NCCN4[C@@H]3C2=O)cc1. The van der Waals surface area contributed by atoms with E-state index in [4.69, 9.17) is 9.47 Å². The van der Waals surface area contributed by atoms with Crippen molar-refractivity contribution in [1.82, 2.24) is 10.2 Å². The number of piperazine rings is 1. The van der Waals surface area contributed by atoms with E-state index >= 15 is 0 Å². The molecular formula is C19H21N3O6. The minimum absolute atomic E-state index is 0.357. The van der Waals surface area contributed by atoms with Crippen LogP contribution < -0.4 is 15.0 Å². The normalized spacial score (nSPS) is 29.4. The van der Waals surface area contributed by atoms with Crippen LogP contribution in [-0.4, -0.2) is 67.5 Å². The summed E-state index contributed by atoms with van der Waals surface area (Å²) in [6.07, 6.45) is 0. The molecule has 3 aliphatic heterocycles. The van der Waals surface area contributed by atoms with Crippen LogP contribution in [0.15, 0.2) is 24.3 Å². The lowest BCUT2D eigenvalue weighted by atomic mass is 9.87. The summed E-state index contributed by atoms with van der Waals surface area (Å²) < 4.78 is 10.3. The molecule has 0 spiro atoms. The molecule has 0 saturated carbocycles. The van der Waals surface area contributed by atoms with Crippen molar-refractivity contribution in [2.75, 3.05) is 31.7 Å². The van der Waals surface area contributed by atoms with Gasteiger partial charge in [-0.3, -0.25) is 24.1 Å². The van der Waals surface area contributed by atoms with Crippen LogP contribution in [0.5, 0.6) is 5.75 Å². The zero-order valence-corrected chi connectivity index (χ0v) is 15.6. The number of nitrogens with zero attached hydrogens (tertiary/aromatic N) is 2. The molecule has 3 amide bonds. The van der Waals surface area contributed by atoms with Crippen LogP contribution in [0, 0.1) is 11.8 Å². The van der Waals surface area contributed by atoms with Gasteiger partial charge in [-0.05, 0) is 31.2 Å². The third-order valence-corrected chi connectivity index (χ3v) is 5.58. The van der Waals surface area contributed by atoms with Crippen LogP contribution >= 0.6 is 0 Å². The topological polar surface area (TPSA) is 105 Å². The maximum Gasteiger partial charge on any atom is 0.311 e. The number of nitrogens with one attached hydrogen (secondary N) is 1.